The average Bonchev–Trinajstić information content (AvgIpc) is 2.75. The first-order chi connectivity index (χ1) is 16.8. The quantitative estimate of drug-likeness (QED) is 0.590. The van der Waals surface area contributed by atoms with E-state index in [2.05, 4.69) is 41.4 Å². The van der Waals surface area contributed by atoms with Crippen LogP contribution in [0.25, 0.3) is 0 Å². The minimum absolute atomic E-state index is 0.0324. The van der Waals surface area contributed by atoms with Gasteiger partial charge in [-0.1, -0.05) is 29.8 Å². The van der Waals surface area contributed by atoms with Crippen LogP contribution >= 0.6 is 0 Å². The molecule has 35 heavy (non-hydrogen) atoms. The molecule has 4 heteroatoms. The lowest BCUT2D eigenvalue weighted by molar-refractivity contribution is -0.201. The van der Waals surface area contributed by atoms with Gasteiger partial charge in [0.05, 0.1) is 6.42 Å². The van der Waals surface area contributed by atoms with Crippen molar-refractivity contribution in [2.24, 2.45) is 35.5 Å². The lowest BCUT2D eigenvalue weighted by atomic mass is 9.50. The van der Waals surface area contributed by atoms with E-state index in [1.165, 1.54) is 44.1 Å². The van der Waals surface area contributed by atoms with Gasteiger partial charge in [-0.2, -0.15) is 0 Å². The monoisotopic (exact) mass is 472 g/mol. The number of aryl methyl sites for hydroxylation is 1. The maximum absolute atomic E-state index is 14.7. The highest BCUT2D eigenvalue weighted by Gasteiger charge is 2.68. The number of hydrogen-bond donors (Lipinski definition) is 1. The third-order valence-electron chi connectivity index (χ3n) is 11.8. The van der Waals surface area contributed by atoms with Crippen LogP contribution in [-0.2, 0) is 15.1 Å². The number of carbonyl (C=O) groups is 2. The summed E-state index contributed by atoms with van der Waals surface area (Å²) >= 11 is 0. The second-order valence-corrected chi connectivity index (χ2v) is 14.4. The average molecular weight is 473 g/mol. The molecule has 0 spiro atoms. The Morgan fingerprint density at radius 1 is 0.771 bits per heavy atom. The fourth-order valence-corrected chi connectivity index (χ4v) is 11.5. The molecule has 1 atom stereocenters. The Bertz CT molecular complexity index is 1020. The fourth-order valence-electron chi connectivity index (χ4n) is 11.5. The molecule has 1 unspecified atom stereocenters. The summed E-state index contributed by atoms with van der Waals surface area (Å²) in [7, 11) is 0. The molecule has 9 aliphatic rings. The van der Waals surface area contributed by atoms with E-state index in [1.54, 1.807) is 0 Å². The Balaban J connectivity index is 1.19. The first kappa shape index (κ1) is 21.3. The topological polar surface area (TPSA) is 49.4 Å². The van der Waals surface area contributed by atoms with Gasteiger partial charge in [-0.25, -0.2) is 0 Å². The molecule has 186 valence electrons. The molecule has 8 bridgehead atoms. The first-order valence-corrected chi connectivity index (χ1v) is 14.6. The second-order valence-electron chi connectivity index (χ2n) is 14.4. The zero-order chi connectivity index (χ0) is 23.6. The van der Waals surface area contributed by atoms with Gasteiger partial charge < -0.3 is 10.2 Å². The second kappa shape index (κ2) is 6.92. The van der Waals surface area contributed by atoms with Gasteiger partial charge in [0.25, 0.3) is 5.91 Å². The van der Waals surface area contributed by atoms with Crippen molar-refractivity contribution in [3.8, 4) is 0 Å². The van der Waals surface area contributed by atoms with Gasteiger partial charge in [-0.3, -0.25) is 9.59 Å². The van der Waals surface area contributed by atoms with Crippen molar-refractivity contribution >= 4 is 11.8 Å². The number of benzene rings is 1. The van der Waals surface area contributed by atoms with Gasteiger partial charge in [0.2, 0.25) is 5.91 Å². The van der Waals surface area contributed by atoms with Crippen LogP contribution in [0.4, 0.5) is 0 Å². The third-order valence-corrected chi connectivity index (χ3v) is 11.8. The van der Waals surface area contributed by atoms with Crippen molar-refractivity contribution in [2.45, 2.75) is 107 Å². The summed E-state index contributed by atoms with van der Waals surface area (Å²) in [5.41, 5.74) is 1.29. The Morgan fingerprint density at radius 3 is 1.69 bits per heavy atom. The molecule has 8 saturated carbocycles. The smallest absolute Gasteiger partial charge is 0.251 e. The van der Waals surface area contributed by atoms with Gasteiger partial charge >= 0.3 is 0 Å². The zero-order valence-electron chi connectivity index (χ0n) is 21.2. The van der Waals surface area contributed by atoms with Crippen LogP contribution < -0.4 is 5.32 Å². The van der Waals surface area contributed by atoms with Crippen LogP contribution in [0.1, 0.15) is 94.6 Å². The van der Waals surface area contributed by atoms with Gasteiger partial charge in [0.15, 0.2) is 5.54 Å². The molecular formula is C31H40N2O2. The Morgan fingerprint density at radius 2 is 1.23 bits per heavy atom. The molecule has 1 saturated heterocycles. The Kier molecular flexibility index (Phi) is 4.21. The van der Waals surface area contributed by atoms with Gasteiger partial charge in [-0.05, 0) is 125 Å². The number of nitrogens with one attached hydrogen (secondary N) is 1. The third kappa shape index (κ3) is 2.92. The van der Waals surface area contributed by atoms with E-state index in [9.17, 15) is 9.59 Å². The highest BCUT2D eigenvalue weighted by Crippen LogP contribution is 2.63. The molecule has 8 aliphatic carbocycles. The summed E-state index contributed by atoms with van der Waals surface area (Å²) in [5.74, 6) is 4.97. The van der Waals surface area contributed by atoms with E-state index in [0.717, 1.165) is 79.6 Å². The van der Waals surface area contributed by atoms with E-state index >= 15 is 0 Å². The summed E-state index contributed by atoms with van der Waals surface area (Å²) < 4.78 is 0. The summed E-state index contributed by atoms with van der Waals surface area (Å²) in [6, 6.07) is 8.56. The molecule has 1 heterocycles. The van der Waals surface area contributed by atoms with Crippen LogP contribution in [-0.4, -0.2) is 27.8 Å². The van der Waals surface area contributed by atoms with Crippen LogP contribution in [0.3, 0.4) is 0 Å². The van der Waals surface area contributed by atoms with Crippen molar-refractivity contribution in [2.75, 3.05) is 0 Å². The highest BCUT2D eigenvalue weighted by atomic mass is 16.2. The fraction of sp³-hybridized carbons (Fsp3) is 0.742. The summed E-state index contributed by atoms with van der Waals surface area (Å²) in [6.07, 6.45) is 15.3. The maximum Gasteiger partial charge on any atom is 0.251 e. The standard InChI is InChI=1S/C31H40N2O2/c1-19-2-4-26(5-3-19)31(28(35)32-29-12-20-6-21(13-29)8-22(7-20)14-29)18-27(34)33(31)30-15-23-9-24(16-30)11-25(10-23)17-30/h2-5,20-25H,6-18H2,1H3,(H,32,35). The molecule has 1 N–H and O–H groups in total. The van der Waals surface area contributed by atoms with Crippen LogP contribution in [0.5, 0.6) is 0 Å². The lowest BCUT2D eigenvalue weighted by Gasteiger charge is -2.67. The number of likely N-dealkylation sites (tertiary alicyclic amines) is 1. The minimum atomic E-state index is -0.820. The van der Waals surface area contributed by atoms with Gasteiger partial charge in [0.1, 0.15) is 0 Å². The van der Waals surface area contributed by atoms with Crippen LogP contribution in [0.2, 0.25) is 0 Å². The SMILES string of the molecule is Cc1ccc(C2(C(=O)NC34CC5CC(CC(C5)C3)C4)CC(=O)N2C23CC4CC(CC(C4)C2)C3)cc1. The van der Waals surface area contributed by atoms with E-state index in [1.807, 2.05) is 0 Å². The summed E-state index contributed by atoms with van der Waals surface area (Å²) in [5, 5.41) is 3.73. The number of carbonyl (C=O) groups excluding carboxylic acids is 2. The lowest BCUT2D eigenvalue weighted by Crippen LogP contribution is -2.78. The molecule has 1 aromatic rings. The predicted octanol–water partition coefficient (Wildman–Crippen LogP) is 5.48. The summed E-state index contributed by atoms with van der Waals surface area (Å²) in [6.45, 7) is 2.11. The number of amides is 2. The molecular weight excluding hydrogens is 432 g/mol. The molecule has 0 aromatic heterocycles. The molecule has 1 aliphatic heterocycles. The van der Waals surface area contributed by atoms with Crippen LogP contribution in [0.15, 0.2) is 24.3 Å². The maximum atomic E-state index is 14.7. The first-order valence-electron chi connectivity index (χ1n) is 14.6. The minimum Gasteiger partial charge on any atom is -0.348 e. The van der Waals surface area contributed by atoms with Gasteiger partial charge in [0, 0.05) is 11.1 Å². The number of rotatable bonds is 4. The molecule has 1 aromatic carbocycles. The summed E-state index contributed by atoms with van der Waals surface area (Å²) in [4.78, 5) is 30.5. The van der Waals surface area contributed by atoms with E-state index in [4.69, 9.17) is 0 Å². The van der Waals surface area contributed by atoms with E-state index in [0.29, 0.717) is 6.42 Å². The van der Waals surface area contributed by atoms with Gasteiger partial charge in [-0.15, -0.1) is 0 Å². The normalized spacial score (nSPS) is 48.8. The van der Waals surface area contributed by atoms with Crippen molar-refractivity contribution in [3.05, 3.63) is 35.4 Å². The highest BCUT2D eigenvalue weighted by molar-refractivity contribution is 6.03. The Labute approximate surface area is 209 Å². The van der Waals surface area contributed by atoms with E-state index < -0.39 is 5.54 Å². The van der Waals surface area contributed by atoms with Crippen molar-refractivity contribution in [1.82, 2.24) is 10.2 Å². The molecule has 10 rings (SSSR count). The Hall–Kier alpha value is -1.84. The largest absolute Gasteiger partial charge is 0.348 e. The van der Waals surface area contributed by atoms with Crippen molar-refractivity contribution < 1.29 is 9.59 Å². The molecule has 2 amide bonds. The molecule has 0 radical (unpaired) electrons. The number of nitrogens with zero attached hydrogens (tertiary/aromatic N) is 1. The van der Waals surface area contributed by atoms with Crippen molar-refractivity contribution in [3.63, 3.8) is 0 Å². The van der Waals surface area contributed by atoms with Crippen LogP contribution in [0, 0.1) is 42.4 Å². The molecule has 9 fully saturated rings. The predicted molar refractivity (Wildman–Crippen MR) is 134 cm³/mol. The zero-order valence-corrected chi connectivity index (χ0v) is 21.2. The van der Waals surface area contributed by atoms with Crippen molar-refractivity contribution in [1.29, 1.82) is 0 Å². The number of β-lactam (4-membered cyclic amide) rings is 1. The number of hydrogen-bond acceptors (Lipinski definition) is 2. The van der Waals surface area contributed by atoms with E-state index in [-0.39, 0.29) is 22.9 Å². The molecule has 4 nitrogen and oxygen atoms in total.